The van der Waals surface area contributed by atoms with Crippen molar-refractivity contribution >= 4 is 24.3 Å². The first kappa shape index (κ1) is 7.60. The fourth-order valence-electron chi connectivity index (χ4n) is 0.519. The number of amidine groups is 1. The van der Waals surface area contributed by atoms with Crippen molar-refractivity contribution in [1.82, 2.24) is 4.31 Å². The molecule has 0 bridgehead atoms. The largest absolute Gasteiger partial charge is 0.285 e. The van der Waals surface area contributed by atoms with Gasteiger partial charge in [-0.1, -0.05) is 0 Å². The van der Waals surface area contributed by atoms with E-state index in [4.69, 9.17) is 0 Å². The molecule has 0 N–H and O–H groups in total. The average Bonchev–Trinajstić information content (AvgIpc) is 1.88. The van der Waals surface area contributed by atoms with Crippen molar-refractivity contribution in [2.24, 2.45) is 9.39 Å². The Balaban J connectivity index is 2.52. The zero-order valence-electron chi connectivity index (χ0n) is 6.40. The summed E-state index contributed by atoms with van der Waals surface area (Å²) < 4.78 is 6.10. The predicted octanol–water partition coefficient (Wildman–Crippen LogP) is 1.72. The zero-order valence-corrected chi connectivity index (χ0v) is 7.22. The molecule has 56 valence electrons. The van der Waals surface area contributed by atoms with E-state index in [0.29, 0.717) is 6.04 Å². The first-order valence-electron chi connectivity index (χ1n) is 3.24. The van der Waals surface area contributed by atoms with Crippen molar-refractivity contribution < 1.29 is 0 Å². The number of aliphatic imine (C=N–C) groups is 1. The summed E-state index contributed by atoms with van der Waals surface area (Å²) in [5.74, 6) is 0.835. The van der Waals surface area contributed by atoms with E-state index < -0.39 is 0 Å². The second-order valence-corrected chi connectivity index (χ2v) is 3.19. The zero-order chi connectivity index (χ0) is 7.56. The monoisotopic (exact) mass is 157 g/mol. The minimum absolute atomic E-state index is 0.464. The van der Waals surface area contributed by atoms with E-state index in [1.54, 1.807) is 0 Å². The lowest BCUT2D eigenvalue weighted by Gasteiger charge is -2.21. The Morgan fingerprint density at radius 1 is 1.60 bits per heavy atom. The lowest BCUT2D eigenvalue weighted by atomic mass is 10.4. The standard InChI is InChI=1S/C6H11N3S/c1-5(2)9-4-7-6(3)8-10-9/h4-5H,1-3H3. The Morgan fingerprint density at radius 3 is 2.70 bits per heavy atom. The van der Waals surface area contributed by atoms with E-state index in [9.17, 15) is 0 Å². The Bertz CT molecular complexity index is 174. The maximum absolute atomic E-state index is 4.09. The van der Waals surface area contributed by atoms with E-state index in [2.05, 4.69) is 23.2 Å². The van der Waals surface area contributed by atoms with Gasteiger partial charge in [0.05, 0.1) is 12.1 Å². The van der Waals surface area contributed by atoms with Gasteiger partial charge in [0.25, 0.3) is 0 Å². The van der Waals surface area contributed by atoms with Crippen LogP contribution >= 0.6 is 12.1 Å². The highest BCUT2D eigenvalue weighted by Crippen LogP contribution is 2.16. The van der Waals surface area contributed by atoms with Crippen LogP contribution in [0.15, 0.2) is 9.39 Å². The summed E-state index contributed by atoms with van der Waals surface area (Å²) in [7, 11) is 0. The highest BCUT2D eigenvalue weighted by molar-refractivity contribution is 7.96. The van der Waals surface area contributed by atoms with Gasteiger partial charge in [0.1, 0.15) is 12.2 Å². The van der Waals surface area contributed by atoms with E-state index in [-0.39, 0.29) is 0 Å². The van der Waals surface area contributed by atoms with Gasteiger partial charge in [0.15, 0.2) is 0 Å². The van der Waals surface area contributed by atoms with Crippen LogP contribution in [0.3, 0.4) is 0 Å². The fraction of sp³-hybridized carbons (Fsp3) is 0.667. The first-order valence-corrected chi connectivity index (χ1v) is 3.97. The molecule has 0 aromatic rings. The molecule has 0 amide bonds. The van der Waals surface area contributed by atoms with E-state index in [0.717, 1.165) is 5.84 Å². The topological polar surface area (TPSA) is 28.0 Å². The highest BCUT2D eigenvalue weighted by atomic mass is 32.2. The first-order chi connectivity index (χ1) is 4.70. The third kappa shape index (κ3) is 1.73. The lowest BCUT2D eigenvalue weighted by Crippen LogP contribution is -2.23. The van der Waals surface area contributed by atoms with Crippen molar-refractivity contribution in [1.29, 1.82) is 0 Å². The third-order valence-corrected chi connectivity index (χ3v) is 2.18. The predicted molar refractivity (Wildman–Crippen MR) is 46.2 cm³/mol. The van der Waals surface area contributed by atoms with E-state index in [1.807, 2.05) is 17.6 Å². The molecule has 0 spiro atoms. The number of nitrogens with zero attached hydrogens (tertiary/aromatic N) is 3. The molecule has 4 heteroatoms. The second-order valence-electron chi connectivity index (χ2n) is 2.42. The van der Waals surface area contributed by atoms with Crippen LogP contribution in [0.4, 0.5) is 0 Å². The van der Waals surface area contributed by atoms with Crippen molar-refractivity contribution in [3.63, 3.8) is 0 Å². The molecule has 0 atom stereocenters. The van der Waals surface area contributed by atoms with Gasteiger partial charge < -0.3 is 0 Å². The smallest absolute Gasteiger partial charge is 0.137 e. The van der Waals surface area contributed by atoms with Gasteiger partial charge in [-0.15, -0.1) is 0 Å². The van der Waals surface area contributed by atoms with Crippen LogP contribution in [0.1, 0.15) is 20.8 Å². The molecule has 0 radical (unpaired) electrons. The molecule has 10 heavy (non-hydrogen) atoms. The average molecular weight is 157 g/mol. The molecule has 0 aromatic carbocycles. The summed E-state index contributed by atoms with van der Waals surface area (Å²) in [5.41, 5.74) is 0. The van der Waals surface area contributed by atoms with Gasteiger partial charge in [-0.3, -0.25) is 4.31 Å². The van der Waals surface area contributed by atoms with Gasteiger partial charge in [-0.25, -0.2) is 4.99 Å². The van der Waals surface area contributed by atoms with Crippen LogP contribution in [0.25, 0.3) is 0 Å². The number of hydrogen-bond acceptors (Lipinski definition) is 4. The van der Waals surface area contributed by atoms with Crippen LogP contribution in [0.2, 0.25) is 0 Å². The van der Waals surface area contributed by atoms with Crippen molar-refractivity contribution in [3.05, 3.63) is 0 Å². The molecule has 0 fully saturated rings. The maximum Gasteiger partial charge on any atom is 0.137 e. The molecule has 0 unspecified atom stereocenters. The molecule has 1 aliphatic rings. The maximum atomic E-state index is 4.09. The summed E-state index contributed by atoms with van der Waals surface area (Å²) >= 11 is 1.45. The number of hydrogen-bond donors (Lipinski definition) is 0. The van der Waals surface area contributed by atoms with Gasteiger partial charge >= 0.3 is 0 Å². The van der Waals surface area contributed by atoms with Crippen molar-refractivity contribution in [2.45, 2.75) is 26.8 Å². The molecule has 0 aromatic heterocycles. The molecular weight excluding hydrogens is 146 g/mol. The Hall–Kier alpha value is -0.510. The minimum atomic E-state index is 0.464. The minimum Gasteiger partial charge on any atom is -0.285 e. The normalized spacial score (nSPS) is 18.0. The quantitative estimate of drug-likeness (QED) is 0.542. The molecule has 1 aliphatic heterocycles. The summed E-state index contributed by atoms with van der Waals surface area (Å²) in [6, 6.07) is 0.464. The molecule has 3 nitrogen and oxygen atoms in total. The summed E-state index contributed by atoms with van der Waals surface area (Å²) in [6.07, 6.45) is 1.82. The molecule has 1 rings (SSSR count). The van der Waals surface area contributed by atoms with Crippen LogP contribution in [0.5, 0.6) is 0 Å². The van der Waals surface area contributed by atoms with Gasteiger partial charge in [-0.05, 0) is 20.8 Å². The molecule has 1 heterocycles. The van der Waals surface area contributed by atoms with E-state index in [1.165, 1.54) is 12.1 Å². The van der Waals surface area contributed by atoms with E-state index >= 15 is 0 Å². The van der Waals surface area contributed by atoms with Crippen LogP contribution < -0.4 is 0 Å². The van der Waals surface area contributed by atoms with Crippen LogP contribution in [0, 0.1) is 0 Å². The summed E-state index contributed by atoms with van der Waals surface area (Å²) in [4.78, 5) is 4.06. The van der Waals surface area contributed by atoms with Gasteiger partial charge in [0, 0.05) is 6.04 Å². The molecular formula is C6H11N3S. The molecule has 0 saturated heterocycles. The fourth-order valence-corrected chi connectivity index (χ4v) is 1.06. The van der Waals surface area contributed by atoms with Crippen molar-refractivity contribution in [3.8, 4) is 0 Å². The van der Waals surface area contributed by atoms with Crippen molar-refractivity contribution in [2.75, 3.05) is 0 Å². The van der Waals surface area contributed by atoms with Crippen LogP contribution in [-0.4, -0.2) is 22.5 Å². The van der Waals surface area contributed by atoms with Gasteiger partial charge in [0.2, 0.25) is 0 Å². The van der Waals surface area contributed by atoms with Gasteiger partial charge in [-0.2, -0.15) is 4.40 Å². The Labute approximate surface area is 65.5 Å². The highest BCUT2D eigenvalue weighted by Gasteiger charge is 2.08. The molecule has 0 aliphatic carbocycles. The third-order valence-electron chi connectivity index (χ3n) is 1.13. The second kappa shape index (κ2) is 3.05. The Morgan fingerprint density at radius 2 is 2.30 bits per heavy atom. The number of rotatable bonds is 1. The SMILES string of the molecule is CC1=NSN(C(C)C)C=N1. The van der Waals surface area contributed by atoms with Crippen LogP contribution in [-0.2, 0) is 0 Å². The lowest BCUT2D eigenvalue weighted by molar-refractivity contribution is 0.562. The summed E-state index contributed by atoms with van der Waals surface area (Å²) in [5, 5.41) is 0. The summed E-state index contributed by atoms with van der Waals surface area (Å²) in [6.45, 7) is 6.10. The Kier molecular flexibility index (Phi) is 2.32. The molecule has 0 saturated carbocycles.